The van der Waals surface area contributed by atoms with Crippen molar-refractivity contribution in [3.63, 3.8) is 0 Å². The molecule has 1 fully saturated rings. The lowest BCUT2D eigenvalue weighted by molar-refractivity contribution is -0.120. The molecule has 0 aliphatic carbocycles. The summed E-state index contributed by atoms with van der Waals surface area (Å²) in [5, 5.41) is 3.60. The zero-order chi connectivity index (χ0) is 16.1. The Balaban J connectivity index is 2.06. The molecule has 1 heterocycles. The molecule has 1 aliphatic rings. The van der Waals surface area contributed by atoms with E-state index in [2.05, 4.69) is 10.2 Å². The fourth-order valence-electron chi connectivity index (χ4n) is 2.79. The van der Waals surface area contributed by atoms with Crippen LogP contribution in [0.5, 0.6) is 0 Å². The van der Waals surface area contributed by atoms with E-state index in [1.165, 1.54) is 14.0 Å². The lowest BCUT2D eigenvalue weighted by Crippen LogP contribution is -2.46. The van der Waals surface area contributed by atoms with E-state index in [9.17, 15) is 9.59 Å². The third-order valence-electron chi connectivity index (χ3n) is 3.77. The Morgan fingerprint density at radius 2 is 2.23 bits per heavy atom. The predicted octanol–water partition coefficient (Wildman–Crippen LogP) is 2.23. The number of likely N-dealkylation sites (tertiary alicyclic amines) is 1. The summed E-state index contributed by atoms with van der Waals surface area (Å²) in [6.45, 7) is 3.93. The molecule has 0 spiro atoms. The predicted molar refractivity (Wildman–Crippen MR) is 84.9 cm³/mol. The monoisotopic (exact) mass is 324 g/mol. The van der Waals surface area contributed by atoms with E-state index in [-0.39, 0.29) is 17.9 Å². The number of nitrogens with one attached hydrogen (secondary N) is 1. The van der Waals surface area contributed by atoms with Gasteiger partial charge in [-0.3, -0.25) is 9.69 Å². The van der Waals surface area contributed by atoms with Crippen LogP contribution in [0.25, 0.3) is 0 Å². The van der Waals surface area contributed by atoms with Crippen molar-refractivity contribution >= 4 is 23.5 Å². The molecular formula is C16H21ClN2O3. The lowest BCUT2D eigenvalue weighted by atomic mass is 10.0. The maximum Gasteiger partial charge on any atom is 0.337 e. The minimum Gasteiger partial charge on any atom is -0.465 e. The summed E-state index contributed by atoms with van der Waals surface area (Å²) in [6, 6.07) is 5.33. The molecule has 1 aromatic carbocycles. The number of carbonyl (C=O) groups is 2. The van der Waals surface area contributed by atoms with E-state index in [4.69, 9.17) is 16.3 Å². The van der Waals surface area contributed by atoms with Gasteiger partial charge in [0.15, 0.2) is 0 Å². The minimum absolute atomic E-state index is 0.00225. The van der Waals surface area contributed by atoms with E-state index in [0.29, 0.717) is 17.1 Å². The maximum absolute atomic E-state index is 11.6. The molecule has 1 saturated heterocycles. The third-order valence-corrected chi connectivity index (χ3v) is 4.14. The van der Waals surface area contributed by atoms with E-state index in [0.717, 1.165) is 31.5 Å². The molecule has 22 heavy (non-hydrogen) atoms. The second-order valence-electron chi connectivity index (χ2n) is 5.57. The van der Waals surface area contributed by atoms with Gasteiger partial charge in [0.2, 0.25) is 5.91 Å². The number of methoxy groups -OCH3 is 1. The number of amides is 1. The molecule has 120 valence electrons. The molecular weight excluding hydrogens is 304 g/mol. The summed E-state index contributed by atoms with van der Waals surface area (Å²) < 4.78 is 4.74. The molecule has 1 N–H and O–H groups in total. The van der Waals surface area contributed by atoms with Gasteiger partial charge in [0.1, 0.15) is 0 Å². The first-order valence-electron chi connectivity index (χ1n) is 7.36. The van der Waals surface area contributed by atoms with Crippen molar-refractivity contribution < 1.29 is 14.3 Å². The molecule has 5 nitrogen and oxygen atoms in total. The van der Waals surface area contributed by atoms with Crippen molar-refractivity contribution in [2.75, 3.05) is 20.2 Å². The number of carbonyl (C=O) groups excluding carboxylic acids is 2. The first-order valence-corrected chi connectivity index (χ1v) is 7.73. The fourth-order valence-corrected chi connectivity index (χ4v) is 2.96. The van der Waals surface area contributed by atoms with Crippen molar-refractivity contribution in [2.45, 2.75) is 32.4 Å². The summed E-state index contributed by atoms with van der Waals surface area (Å²) in [5.41, 5.74) is 1.39. The van der Waals surface area contributed by atoms with Gasteiger partial charge in [0.05, 0.1) is 12.7 Å². The number of ether oxygens (including phenoxy) is 1. The number of benzene rings is 1. The van der Waals surface area contributed by atoms with Gasteiger partial charge in [0, 0.05) is 31.1 Å². The Labute approximate surface area is 135 Å². The van der Waals surface area contributed by atoms with Crippen LogP contribution in [0.15, 0.2) is 18.2 Å². The molecule has 1 unspecified atom stereocenters. The Hall–Kier alpha value is -1.59. The summed E-state index contributed by atoms with van der Waals surface area (Å²) in [4.78, 5) is 25.0. The van der Waals surface area contributed by atoms with Gasteiger partial charge >= 0.3 is 5.97 Å². The average molecular weight is 325 g/mol. The van der Waals surface area contributed by atoms with Crippen LogP contribution in [0, 0.1) is 0 Å². The van der Waals surface area contributed by atoms with Gasteiger partial charge in [-0.25, -0.2) is 4.79 Å². The molecule has 1 atom stereocenters. The third kappa shape index (κ3) is 4.45. The molecule has 1 aromatic rings. The Morgan fingerprint density at radius 1 is 1.45 bits per heavy atom. The summed E-state index contributed by atoms with van der Waals surface area (Å²) in [7, 11) is 1.36. The minimum atomic E-state index is -0.368. The summed E-state index contributed by atoms with van der Waals surface area (Å²) in [5.74, 6) is -0.370. The number of hydrogen-bond donors (Lipinski definition) is 1. The van der Waals surface area contributed by atoms with E-state index in [1.54, 1.807) is 18.2 Å². The number of piperidine rings is 1. The fraction of sp³-hybridized carbons (Fsp3) is 0.500. The Kier molecular flexibility index (Phi) is 5.80. The highest BCUT2D eigenvalue weighted by Crippen LogP contribution is 2.22. The zero-order valence-corrected chi connectivity index (χ0v) is 13.7. The number of nitrogens with zero attached hydrogens (tertiary/aromatic N) is 1. The smallest absolute Gasteiger partial charge is 0.337 e. The quantitative estimate of drug-likeness (QED) is 0.863. The van der Waals surface area contributed by atoms with Gasteiger partial charge in [-0.1, -0.05) is 11.6 Å². The van der Waals surface area contributed by atoms with Crippen molar-refractivity contribution in [2.24, 2.45) is 0 Å². The first-order chi connectivity index (χ1) is 10.5. The van der Waals surface area contributed by atoms with Gasteiger partial charge in [0.25, 0.3) is 0 Å². The Bertz CT molecular complexity index is 562. The number of halogens is 1. The summed E-state index contributed by atoms with van der Waals surface area (Å²) in [6.07, 6.45) is 2.02. The highest BCUT2D eigenvalue weighted by atomic mass is 35.5. The number of rotatable bonds is 4. The largest absolute Gasteiger partial charge is 0.465 e. The van der Waals surface area contributed by atoms with E-state index >= 15 is 0 Å². The molecule has 6 heteroatoms. The number of hydrogen-bond acceptors (Lipinski definition) is 4. The van der Waals surface area contributed by atoms with Crippen molar-refractivity contribution in [3.8, 4) is 0 Å². The molecule has 0 bridgehead atoms. The molecule has 0 saturated carbocycles. The van der Waals surface area contributed by atoms with E-state index in [1.807, 2.05) is 0 Å². The van der Waals surface area contributed by atoms with E-state index < -0.39 is 0 Å². The van der Waals surface area contributed by atoms with Crippen molar-refractivity contribution in [3.05, 3.63) is 34.3 Å². The van der Waals surface area contributed by atoms with Crippen LogP contribution in [-0.4, -0.2) is 43.0 Å². The highest BCUT2D eigenvalue weighted by Gasteiger charge is 2.21. The second-order valence-corrected chi connectivity index (χ2v) is 5.98. The Morgan fingerprint density at radius 3 is 2.91 bits per heavy atom. The zero-order valence-electron chi connectivity index (χ0n) is 12.9. The average Bonchev–Trinajstić information content (AvgIpc) is 2.48. The van der Waals surface area contributed by atoms with Gasteiger partial charge in [-0.05, 0) is 43.1 Å². The molecule has 1 amide bonds. The topological polar surface area (TPSA) is 58.6 Å². The normalized spacial score (nSPS) is 18.8. The maximum atomic E-state index is 11.6. The first kappa shape index (κ1) is 16.8. The summed E-state index contributed by atoms with van der Waals surface area (Å²) >= 11 is 6.24. The number of esters is 1. The van der Waals surface area contributed by atoms with Crippen LogP contribution >= 0.6 is 11.6 Å². The van der Waals surface area contributed by atoms with Crippen LogP contribution in [0.3, 0.4) is 0 Å². The molecule has 0 aromatic heterocycles. The van der Waals surface area contributed by atoms with Crippen LogP contribution < -0.4 is 5.32 Å². The second kappa shape index (κ2) is 7.61. The van der Waals surface area contributed by atoms with Gasteiger partial charge < -0.3 is 10.1 Å². The highest BCUT2D eigenvalue weighted by molar-refractivity contribution is 6.31. The van der Waals surface area contributed by atoms with Gasteiger partial charge in [-0.15, -0.1) is 0 Å². The molecule has 0 radical (unpaired) electrons. The van der Waals surface area contributed by atoms with Crippen LogP contribution in [0.2, 0.25) is 5.02 Å². The van der Waals surface area contributed by atoms with Crippen LogP contribution in [0.1, 0.15) is 35.7 Å². The van der Waals surface area contributed by atoms with Crippen LogP contribution in [-0.2, 0) is 16.1 Å². The standard InChI is InChI=1S/C16H21ClN2O3/c1-11(20)18-14-4-3-7-19(10-14)9-13-8-12(16(21)22-2)5-6-15(13)17/h5-6,8,14H,3-4,7,9-10H2,1-2H3,(H,18,20). The molecule has 2 rings (SSSR count). The van der Waals surface area contributed by atoms with Crippen molar-refractivity contribution in [1.82, 2.24) is 10.2 Å². The SMILES string of the molecule is COC(=O)c1ccc(Cl)c(CN2CCCC(NC(C)=O)C2)c1. The van der Waals surface area contributed by atoms with Gasteiger partial charge in [-0.2, -0.15) is 0 Å². The lowest BCUT2D eigenvalue weighted by Gasteiger charge is -2.33. The van der Waals surface area contributed by atoms with Crippen LogP contribution in [0.4, 0.5) is 0 Å². The van der Waals surface area contributed by atoms with Crippen molar-refractivity contribution in [1.29, 1.82) is 0 Å². The molecule has 1 aliphatic heterocycles.